The summed E-state index contributed by atoms with van der Waals surface area (Å²) in [6.07, 6.45) is 4.81. The summed E-state index contributed by atoms with van der Waals surface area (Å²) in [5, 5.41) is 15.8. The van der Waals surface area contributed by atoms with Gasteiger partial charge >= 0.3 is 5.97 Å². The van der Waals surface area contributed by atoms with E-state index in [0.29, 0.717) is 28.1 Å². The SMILES string of the molecule is Cc1cc(Cl)ccc1-c1cc2cnn(C(CC(C)C)c3ccc(C(=O)CCCC(=O)O)nc3)c2cc1Cl. The van der Waals surface area contributed by atoms with Crippen molar-refractivity contribution in [2.75, 3.05) is 0 Å². The Bertz CT molecular complexity index is 1450. The van der Waals surface area contributed by atoms with Crippen molar-refractivity contribution in [1.29, 1.82) is 0 Å². The van der Waals surface area contributed by atoms with Crippen LogP contribution >= 0.6 is 23.2 Å². The average Bonchev–Trinajstić information content (AvgIpc) is 3.24. The Labute approximate surface area is 226 Å². The molecule has 0 bridgehead atoms. The molecule has 192 valence electrons. The molecule has 0 amide bonds. The number of hydrogen-bond acceptors (Lipinski definition) is 4. The summed E-state index contributed by atoms with van der Waals surface area (Å²) in [5.41, 5.74) is 5.19. The Morgan fingerprint density at radius 1 is 1.00 bits per heavy atom. The topological polar surface area (TPSA) is 85.1 Å². The number of aliphatic carboxylic acids is 1. The molecule has 1 atom stereocenters. The van der Waals surface area contributed by atoms with Crippen molar-refractivity contribution in [1.82, 2.24) is 14.8 Å². The molecule has 0 radical (unpaired) electrons. The highest BCUT2D eigenvalue weighted by Crippen LogP contribution is 2.37. The largest absolute Gasteiger partial charge is 0.481 e. The first kappa shape index (κ1) is 26.8. The molecule has 4 rings (SSSR count). The molecule has 0 aliphatic carbocycles. The van der Waals surface area contributed by atoms with E-state index in [2.05, 4.69) is 24.9 Å². The van der Waals surface area contributed by atoms with Gasteiger partial charge < -0.3 is 5.11 Å². The maximum atomic E-state index is 12.4. The number of carbonyl (C=O) groups is 2. The van der Waals surface area contributed by atoms with Crippen LogP contribution in [0.25, 0.3) is 22.0 Å². The minimum atomic E-state index is -0.908. The molecular weight excluding hydrogens is 509 g/mol. The molecule has 0 fully saturated rings. The van der Waals surface area contributed by atoms with Crippen LogP contribution in [-0.4, -0.2) is 31.6 Å². The summed E-state index contributed by atoms with van der Waals surface area (Å²) in [7, 11) is 0. The van der Waals surface area contributed by atoms with Gasteiger partial charge in [0.05, 0.1) is 22.8 Å². The fourth-order valence-electron chi connectivity index (χ4n) is 4.57. The van der Waals surface area contributed by atoms with Gasteiger partial charge in [-0.25, -0.2) is 0 Å². The van der Waals surface area contributed by atoms with Crippen LogP contribution in [0.1, 0.15) is 67.2 Å². The number of benzene rings is 2. The fraction of sp³-hybridized carbons (Fsp3) is 0.310. The second-order valence-electron chi connectivity index (χ2n) is 9.73. The number of halogens is 2. The molecular formula is C29H29Cl2N3O3. The van der Waals surface area contributed by atoms with E-state index in [0.717, 1.165) is 39.6 Å². The number of aromatic nitrogens is 3. The number of carboxylic acid groups (broad SMARTS) is 1. The quantitative estimate of drug-likeness (QED) is 0.208. The van der Waals surface area contributed by atoms with Crippen molar-refractivity contribution >= 4 is 45.9 Å². The number of hydrogen-bond donors (Lipinski definition) is 1. The molecule has 1 N–H and O–H groups in total. The highest BCUT2D eigenvalue weighted by molar-refractivity contribution is 6.34. The fourth-order valence-corrected chi connectivity index (χ4v) is 5.06. The second kappa shape index (κ2) is 11.4. The molecule has 1 unspecified atom stereocenters. The van der Waals surface area contributed by atoms with Crippen molar-refractivity contribution < 1.29 is 14.7 Å². The van der Waals surface area contributed by atoms with Crippen LogP contribution in [0.3, 0.4) is 0 Å². The first-order valence-electron chi connectivity index (χ1n) is 12.3. The normalized spacial score (nSPS) is 12.3. The third kappa shape index (κ3) is 6.20. The number of fused-ring (bicyclic) bond motifs is 1. The van der Waals surface area contributed by atoms with Crippen LogP contribution < -0.4 is 0 Å². The van der Waals surface area contributed by atoms with Gasteiger partial charge in [-0.3, -0.25) is 19.3 Å². The van der Waals surface area contributed by atoms with E-state index in [9.17, 15) is 9.59 Å². The van der Waals surface area contributed by atoms with Gasteiger partial charge in [-0.2, -0.15) is 5.10 Å². The van der Waals surface area contributed by atoms with Gasteiger partial charge in [0.1, 0.15) is 5.69 Å². The van der Waals surface area contributed by atoms with Gasteiger partial charge in [0.2, 0.25) is 0 Å². The van der Waals surface area contributed by atoms with Crippen LogP contribution in [0.2, 0.25) is 10.0 Å². The monoisotopic (exact) mass is 537 g/mol. The minimum Gasteiger partial charge on any atom is -0.481 e. The molecule has 37 heavy (non-hydrogen) atoms. The molecule has 0 spiro atoms. The lowest BCUT2D eigenvalue weighted by atomic mass is 9.97. The van der Waals surface area contributed by atoms with Crippen LogP contribution in [0, 0.1) is 12.8 Å². The average molecular weight is 538 g/mol. The number of carboxylic acids is 1. The zero-order valence-corrected chi connectivity index (χ0v) is 22.6. The summed E-state index contributed by atoms with van der Waals surface area (Å²) in [4.78, 5) is 27.6. The molecule has 2 aromatic heterocycles. The van der Waals surface area contributed by atoms with Crippen molar-refractivity contribution in [3.8, 4) is 11.1 Å². The summed E-state index contributed by atoms with van der Waals surface area (Å²) in [6, 6.07) is 13.3. The van der Waals surface area contributed by atoms with Crippen LogP contribution in [0.4, 0.5) is 0 Å². The van der Waals surface area contributed by atoms with Crippen LogP contribution in [0.15, 0.2) is 54.9 Å². The first-order chi connectivity index (χ1) is 17.6. The Kier molecular flexibility index (Phi) is 8.30. The van der Waals surface area contributed by atoms with Gasteiger partial charge in [0.15, 0.2) is 5.78 Å². The Morgan fingerprint density at radius 3 is 2.43 bits per heavy atom. The first-order valence-corrected chi connectivity index (χ1v) is 13.0. The van der Waals surface area contributed by atoms with Crippen LogP contribution in [0.5, 0.6) is 0 Å². The van der Waals surface area contributed by atoms with E-state index in [1.807, 2.05) is 48.1 Å². The van der Waals surface area contributed by atoms with Gasteiger partial charge in [0.25, 0.3) is 0 Å². The molecule has 0 saturated heterocycles. The molecule has 0 saturated carbocycles. The summed E-state index contributed by atoms with van der Waals surface area (Å²) < 4.78 is 1.98. The van der Waals surface area contributed by atoms with Crippen LogP contribution in [-0.2, 0) is 4.79 Å². The van der Waals surface area contributed by atoms with Crippen molar-refractivity contribution in [2.45, 2.75) is 52.5 Å². The highest BCUT2D eigenvalue weighted by atomic mass is 35.5. The van der Waals surface area contributed by atoms with E-state index in [-0.39, 0.29) is 24.7 Å². The van der Waals surface area contributed by atoms with Crippen molar-refractivity contribution in [3.05, 3.63) is 81.7 Å². The van der Waals surface area contributed by atoms with Crippen molar-refractivity contribution in [3.63, 3.8) is 0 Å². The minimum absolute atomic E-state index is 0.0332. The number of ketones is 1. The van der Waals surface area contributed by atoms with Gasteiger partial charge in [0, 0.05) is 35.0 Å². The zero-order valence-electron chi connectivity index (χ0n) is 21.0. The molecule has 2 heterocycles. The molecule has 2 aromatic carbocycles. The maximum absolute atomic E-state index is 12.4. The lowest BCUT2D eigenvalue weighted by molar-refractivity contribution is -0.137. The number of rotatable bonds is 10. The summed E-state index contributed by atoms with van der Waals surface area (Å²) in [5.74, 6) is -0.683. The van der Waals surface area contributed by atoms with E-state index in [1.165, 1.54) is 0 Å². The van der Waals surface area contributed by atoms with E-state index >= 15 is 0 Å². The molecule has 8 heteroatoms. The summed E-state index contributed by atoms with van der Waals surface area (Å²) in [6.45, 7) is 6.32. The third-order valence-corrected chi connectivity index (χ3v) is 6.95. The Hall–Kier alpha value is -3.22. The predicted molar refractivity (Wildman–Crippen MR) is 148 cm³/mol. The standard InChI is InChI=1S/C29H29Cl2N3O3/c1-17(2)11-26(19-7-10-25(32-15-19)28(35)5-4-6-29(36)37)34-27-14-24(31)23(13-20(27)16-33-34)22-9-8-21(30)12-18(22)3/h7-10,12-17,26H,4-6,11H2,1-3H3,(H,36,37). The Balaban J connectivity index is 1.67. The van der Waals surface area contributed by atoms with E-state index < -0.39 is 5.97 Å². The number of Topliss-reactive ketones (excluding diaryl/α,β-unsaturated/α-hetero) is 1. The zero-order chi connectivity index (χ0) is 26.7. The number of aryl methyl sites for hydroxylation is 1. The smallest absolute Gasteiger partial charge is 0.303 e. The second-order valence-corrected chi connectivity index (χ2v) is 10.6. The third-order valence-electron chi connectivity index (χ3n) is 6.40. The predicted octanol–water partition coefficient (Wildman–Crippen LogP) is 7.79. The van der Waals surface area contributed by atoms with Gasteiger partial charge in [-0.05, 0) is 72.7 Å². The molecule has 4 aromatic rings. The van der Waals surface area contributed by atoms with Gasteiger partial charge in [-0.15, -0.1) is 0 Å². The Morgan fingerprint density at radius 2 is 1.78 bits per heavy atom. The lowest BCUT2D eigenvalue weighted by Gasteiger charge is -2.21. The number of nitrogens with zero attached hydrogens (tertiary/aromatic N) is 3. The lowest BCUT2D eigenvalue weighted by Crippen LogP contribution is -2.15. The van der Waals surface area contributed by atoms with E-state index in [4.69, 9.17) is 33.4 Å². The molecule has 0 aliphatic heterocycles. The summed E-state index contributed by atoms with van der Waals surface area (Å²) >= 11 is 12.9. The maximum Gasteiger partial charge on any atom is 0.303 e. The van der Waals surface area contributed by atoms with Crippen molar-refractivity contribution in [2.24, 2.45) is 5.92 Å². The molecule has 0 aliphatic rings. The number of pyridine rings is 1. The van der Waals surface area contributed by atoms with Gasteiger partial charge in [-0.1, -0.05) is 49.2 Å². The van der Waals surface area contributed by atoms with E-state index in [1.54, 1.807) is 12.3 Å². The number of carbonyl (C=O) groups excluding carboxylic acids is 1. The molecule has 6 nitrogen and oxygen atoms in total. The highest BCUT2D eigenvalue weighted by Gasteiger charge is 2.21.